The fourth-order valence-electron chi connectivity index (χ4n) is 3.34. The summed E-state index contributed by atoms with van der Waals surface area (Å²) < 4.78 is 11.2. The molecule has 5 nitrogen and oxygen atoms in total. The molecule has 0 aromatic heterocycles. The standard InChI is InChI=1S/C15H14O3.C15H16O2/c1-2-14(16)13-9-8-12(10-15(13)17)18-11-6-4-3-5-7-11;1-2-6-12-9-10-14(11-15(12)16)17-13-7-4-3-5-8-13/h3-10,17H,2H2,1H3;3-5,7-11,16H,2,6H2,1H3. The molecule has 0 radical (unpaired) electrons. The quantitative estimate of drug-likeness (QED) is 0.256. The fraction of sp³-hybridized carbons (Fsp3) is 0.167. The van der Waals surface area contributed by atoms with Gasteiger partial charge in [0.1, 0.15) is 34.5 Å². The lowest BCUT2D eigenvalue weighted by Gasteiger charge is -2.08. The Morgan fingerprint density at radius 3 is 1.63 bits per heavy atom. The first kappa shape index (κ1) is 25.4. The zero-order valence-electron chi connectivity index (χ0n) is 20.0. The Labute approximate surface area is 206 Å². The van der Waals surface area contributed by atoms with Gasteiger partial charge in [-0.25, -0.2) is 0 Å². The van der Waals surface area contributed by atoms with Crippen LogP contribution in [0.2, 0.25) is 0 Å². The second kappa shape index (κ2) is 12.8. The Hall–Kier alpha value is -4.25. The van der Waals surface area contributed by atoms with Crippen LogP contribution >= 0.6 is 0 Å². The number of aromatic hydroxyl groups is 2. The molecule has 4 aromatic carbocycles. The number of ketones is 1. The van der Waals surface area contributed by atoms with E-state index in [1.807, 2.05) is 72.8 Å². The number of carbonyl (C=O) groups excluding carboxylic acids is 1. The number of hydrogen-bond donors (Lipinski definition) is 2. The van der Waals surface area contributed by atoms with E-state index in [9.17, 15) is 15.0 Å². The van der Waals surface area contributed by atoms with Crippen molar-refractivity contribution in [3.63, 3.8) is 0 Å². The lowest BCUT2D eigenvalue weighted by atomic mass is 10.1. The largest absolute Gasteiger partial charge is 0.508 e. The number of hydrogen-bond acceptors (Lipinski definition) is 5. The highest BCUT2D eigenvalue weighted by atomic mass is 16.5. The summed E-state index contributed by atoms with van der Waals surface area (Å²) in [6, 6.07) is 29.0. The van der Waals surface area contributed by atoms with Gasteiger partial charge in [0.2, 0.25) is 0 Å². The second-order valence-corrected chi connectivity index (χ2v) is 7.83. The molecule has 4 aromatic rings. The van der Waals surface area contributed by atoms with Crippen LogP contribution in [0.4, 0.5) is 0 Å². The Morgan fingerprint density at radius 1 is 0.657 bits per heavy atom. The topological polar surface area (TPSA) is 76.0 Å². The maximum atomic E-state index is 11.5. The molecule has 0 spiro atoms. The summed E-state index contributed by atoms with van der Waals surface area (Å²) in [5.74, 6) is 2.80. The maximum Gasteiger partial charge on any atom is 0.166 e. The summed E-state index contributed by atoms with van der Waals surface area (Å²) in [7, 11) is 0. The summed E-state index contributed by atoms with van der Waals surface area (Å²) in [6.45, 7) is 3.85. The number of phenolic OH excluding ortho intramolecular Hbond substituents is 2. The Morgan fingerprint density at radius 2 is 1.17 bits per heavy atom. The van der Waals surface area contributed by atoms with Crippen molar-refractivity contribution in [2.75, 3.05) is 0 Å². The molecule has 4 rings (SSSR count). The summed E-state index contributed by atoms with van der Waals surface area (Å²) in [5, 5.41) is 19.6. The van der Waals surface area contributed by atoms with E-state index in [4.69, 9.17) is 9.47 Å². The molecule has 35 heavy (non-hydrogen) atoms. The maximum absolute atomic E-state index is 11.5. The fourth-order valence-corrected chi connectivity index (χ4v) is 3.34. The number of para-hydroxylation sites is 2. The van der Waals surface area contributed by atoms with Crippen molar-refractivity contribution in [2.45, 2.75) is 33.1 Å². The molecule has 0 unspecified atom stereocenters. The molecular weight excluding hydrogens is 440 g/mol. The van der Waals surface area contributed by atoms with Gasteiger partial charge in [-0.1, -0.05) is 62.7 Å². The zero-order chi connectivity index (χ0) is 25.0. The first-order valence-corrected chi connectivity index (χ1v) is 11.6. The van der Waals surface area contributed by atoms with Crippen molar-refractivity contribution in [3.8, 4) is 34.5 Å². The van der Waals surface area contributed by atoms with E-state index >= 15 is 0 Å². The van der Waals surface area contributed by atoms with Gasteiger partial charge in [-0.15, -0.1) is 0 Å². The van der Waals surface area contributed by atoms with Gasteiger partial charge in [0.05, 0.1) is 5.56 Å². The van der Waals surface area contributed by atoms with Gasteiger partial charge in [-0.05, 0) is 54.4 Å². The molecule has 0 aliphatic heterocycles. The highest BCUT2D eigenvalue weighted by Crippen LogP contribution is 2.29. The van der Waals surface area contributed by atoms with Crippen molar-refractivity contribution in [1.82, 2.24) is 0 Å². The minimum atomic E-state index is -0.0845. The normalized spacial score (nSPS) is 10.1. The molecular formula is C30H30O5. The van der Waals surface area contributed by atoms with Gasteiger partial charge in [0.25, 0.3) is 0 Å². The number of carbonyl (C=O) groups is 1. The second-order valence-electron chi connectivity index (χ2n) is 7.83. The van der Waals surface area contributed by atoms with Crippen molar-refractivity contribution in [3.05, 3.63) is 108 Å². The SMILES string of the molecule is CCC(=O)c1ccc(Oc2ccccc2)cc1O.CCCc1ccc(Oc2ccccc2)cc1O. The van der Waals surface area contributed by atoms with Crippen LogP contribution in [-0.2, 0) is 6.42 Å². The minimum absolute atomic E-state index is 0.0460. The summed E-state index contributed by atoms with van der Waals surface area (Å²) in [4.78, 5) is 11.5. The van der Waals surface area contributed by atoms with Gasteiger partial charge in [-0.2, -0.15) is 0 Å². The van der Waals surface area contributed by atoms with Gasteiger partial charge in [0.15, 0.2) is 5.78 Å². The first-order valence-electron chi connectivity index (χ1n) is 11.6. The van der Waals surface area contributed by atoms with E-state index in [0.29, 0.717) is 35.0 Å². The van der Waals surface area contributed by atoms with Crippen molar-refractivity contribution >= 4 is 5.78 Å². The number of aryl methyl sites for hydroxylation is 1. The molecule has 0 fully saturated rings. The van der Waals surface area contributed by atoms with E-state index in [1.165, 1.54) is 6.07 Å². The average Bonchev–Trinajstić information content (AvgIpc) is 2.87. The molecule has 5 heteroatoms. The predicted octanol–water partition coefficient (Wildman–Crippen LogP) is 7.91. The summed E-state index contributed by atoms with van der Waals surface area (Å²) in [6.07, 6.45) is 2.27. The van der Waals surface area contributed by atoms with Crippen LogP contribution in [0.3, 0.4) is 0 Å². The van der Waals surface area contributed by atoms with Gasteiger partial charge in [-0.3, -0.25) is 4.79 Å². The number of benzene rings is 4. The van der Waals surface area contributed by atoms with Crippen LogP contribution in [0.25, 0.3) is 0 Å². The van der Waals surface area contributed by atoms with Gasteiger partial charge >= 0.3 is 0 Å². The van der Waals surface area contributed by atoms with Crippen LogP contribution in [0.15, 0.2) is 97.1 Å². The first-order chi connectivity index (χ1) is 17.0. The lowest BCUT2D eigenvalue weighted by molar-refractivity contribution is 0.0985. The Kier molecular flexibility index (Phi) is 9.31. The summed E-state index contributed by atoms with van der Waals surface area (Å²) >= 11 is 0. The highest BCUT2D eigenvalue weighted by Gasteiger charge is 2.10. The van der Waals surface area contributed by atoms with E-state index < -0.39 is 0 Å². The van der Waals surface area contributed by atoms with E-state index in [1.54, 1.807) is 25.1 Å². The van der Waals surface area contributed by atoms with Crippen molar-refractivity contribution < 1.29 is 24.5 Å². The summed E-state index contributed by atoms with van der Waals surface area (Å²) in [5.41, 5.74) is 1.30. The Balaban J connectivity index is 0.000000196. The molecule has 0 aliphatic carbocycles. The highest BCUT2D eigenvalue weighted by molar-refractivity contribution is 5.98. The number of Topliss-reactive ketones (excluding diaryl/α,β-unsaturated/α-hetero) is 1. The molecule has 2 N–H and O–H groups in total. The van der Waals surface area contributed by atoms with Crippen molar-refractivity contribution in [1.29, 1.82) is 0 Å². The third-order valence-electron chi connectivity index (χ3n) is 5.12. The van der Waals surface area contributed by atoms with Gasteiger partial charge < -0.3 is 19.7 Å². The molecule has 0 amide bonds. The number of phenols is 2. The lowest BCUT2D eigenvalue weighted by Crippen LogP contribution is -1.97. The van der Waals surface area contributed by atoms with Crippen LogP contribution in [0, 0.1) is 0 Å². The predicted molar refractivity (Wildman–Crippen MR) is 138 cm³/mol. The van der Waals surface area contributed by atoms with E-state index in [2.05, 4.69) is 6.92 Å². The molecule has 0 saturated heterocycles. The number of rotatable bonds is 8. The van der Waals surface area contributed by atoms with Crippen LogP contribution in [-0.4, -0.2) is 16.0 Å². The molecule has 0 heterocycles. The minimum Gasteiger partial charge on any atom is -0.508 e. The monoisotopic (exact) mass is 470 g/mol. The molecule has 180 valence electrons. The van der Waals surface area contributed by atoms with Crippen LogP contribution in [0.1, 0.15) is 42.6 Å². The van der Waals surface area contributed by atoms with Gasteiger partial charge in [0, 0.05) is 18.6 Å². The zero-order valence-corrected chi connectivity index (χ0v) is 20.0. The molecule has 0 saturated carbocycles. The van der Waals surface area contributed by atoms with E-state index in [0.717, 1.165) is 24.2 Å². The third kappa shape index (κ3) is 7.64. The van der Waals surface area contributed by atoms with Crippen molar-refractivity contribution in [2.24, 2.45) is 0 Å². The molecule has 0 bridgehead atoms. The molecule has 0 aliphatic rings. The molecule has 0 atom stereocenters. The Bertz CT molecular complexity index is 1220. The average molecular weight is 471 g/mol. The van der Waals surface area contributed by atoms with E-state index in [-0.39, 0.29) is 11.5 Å². The number of ether oxygens (including phenoxy) is 2. The third-order valence-corrected chi connectivity index (χ3v) is 5.12. The van der Waals surface area contributed by atoms with Crippen LogP contribution in [0.5, 0.6) is 34.5 Å². The smallest absolute Gasteiger partial charge is 0.166 e. The van der Waals surface area contributed by atoms with Crippen LogP contribution < -0.4 is 9.47 Å².